The molecule has 0 spiro atoms. The van der Waals surface area contributed by atoms with Crippen molar-refractivity contribution >= 4 is 12.2 Å². The molecule has 1 aliphatic heterocycles. The van der Waals surface area contributed by atoms with Gasteiger partial charge in [-0.15, -0.1) is 0 Å². The molecule has 0 saturated carbocycles. The molecule has 0 bridgehead atoms. The molecular formula is C22H20Cl2OZr. The first-order valence-corrected chi connectivity index (χ1v) is 11.5. The summed E-state index contributed by atoms with van der Waals surface area (Å²) in [4.78, 5) is 0. The van der Waals surface area contributed by atoms with E-state index in [1.807, 2.05) is 0 Å². The van der Waals surface area contributed by atoms with Crippen LogP contribution in [0.3, 0.4) is 0 Å². The molecule has 0 amide bonds. The first-order valence-electron chi connectivity index (χ1n) is 8.71. The van der Waals surface area contributed by atoms with E-state index in [1.165, 1.54) is 11.1 Å². The first kappa shape index (κ1) is 20.1. The average molecular weight is 463 g/mol. The summed E-state index contributed by atoms with van der Waals surface area (Å²) in [5, 5.41) is 9.82. The van der Waals surface area contributed by atoms with Crippen LogP contribution in [0.4, 0.5) is 0 Å². The van der Waals surface area contributed by atoms with E-state index in [0.717, 1.165) is 6.42 Å². The minimum atomic E-state index is -0.694. The summed E-state index contributed by atoms with van der Waals surface area (Å²) in [5.41, 5.74) is 9.09. The number of hydrogen-bond acceptors (Lipinski definition) is 1. The van der Waals surface area contributed by atoms with Crippen LogP contribution in [0.2, 0.25) is 0 Å². The normalized spacial score (nSPS) is 26.4. The predicted molar refractivity (Wildman–Crippen MR) is 94.1 cm³/mol. The average Bonchev–Trinajstić information content (AvgIpc) is 3.16. The van der Waals surface area contributed by atoms with Crippen LogP contribution in [0.25, 0.3) is 12.2 Å². The third kappa shape index (κ3) is 2.73. The Bertz CT molecular complexity index is 835. The maximum atomic E-state index is 9.82. The maximum Gasteiger partial charge on any atom is -1.00 e. The second-order valence-corrected chi connectivity index (χ2v) is 11.0. The van der Waals surface area contributed by atoms with Crippen molar-refractivity contribution in [2.75, 3.05) is 6.61 Å². The smallest absolute Gasteiger partial charge is 1.00 e. The van der Waals surface area contributed by atoms with Crippen LogP contribution in [0.1, 0.15) is 42.8 Å². The molecule has 1 fully saturated rings. The van der Waals surface area contributed by atoms with E-state index in [1.54, 1.807) is 22.3 Å². The van der Waals surface area contributed by atoms with Crippen molar-refractivity contribution in [2.45, 2.75) is 20.6 Å². The van der Waals surface area contributed by atoms with Gasteiger partial charge in [0.1, 0.15) is 0 Å². The summed E-state index contributed by atoms with van der Waals surface area (Å²) < 4.78 is 1.32. The van der Waals surface area contributed by atoms with Crippen LogP contribution < -0.4 is 24.8 Å². The molecule has 2 aromatic carbocycles. The number of halogens is 2. The standard InChI is InChI=1S/C22H20O.2ClH.Zr/c1-22(10-11-23,20-12-16-6-2-3-7-17(16)13-20)21-14-18-8-4-5-9-19(18)15-21;;;/h2-9,12-15,23H,10-11H2,1H3;2*1H;/q;;;+2/p-2. The van der Waals surface area contributed by atoms with E-state index >= 15 is 0 Å². The van der Waals surface area contributed by atoms with Crippen LogP contribution in [0, 0.1) is 5.41 Å². The molecule has 0 aromatic heterocycles. The summed E-state index contributed by atoms with van der Waals surface area (Å²) in [6.07, 6.45) is 5.71. The predicted octanol–water partition coefficient (Wildman–Crippen LogP) is -1.24. The van der Waals surface area contributed by atoms with Gasteiger partial charge in [-0.2, -0.15) is 0 Å². The van der Waals surface area contributed by atoms with Crippen LogP contribution in [-0.2, 0) is 23.2 Å². The molecule has 1 nitrogen and oxygen atoms in total. The van der Waals surface area contributed by atoms with E-state index in [9.17, 15) is 5.11 Å². The fourth-order valence-corrected chi connectivity index (χ4v) is 10.7. The van der Waals surface area contributed by atoms with Gasteiger partial charge < -0.3 is 24.8 Å². The third-order valence-corrected chi connectivity index (χ3v) is 10.8. The number of rotatable bonds is 2. The van der Waals surface area contributed by atoms with Crippen LogP contribution in [0.5, 0.6) is 0 Å². The van der Waals surface area contributed by atoms with Gasteiger partial charge in [-0.1, -0.05) is 0 Å². The van der Waals surface area contributed by atoms with Gasteiger partial charge in [0.25, 0.3) is 0 Å². The summed E-state index contributed by atoms with van der Waals surface area (Å²) in [6.45, 7) is 2.62. The fraction of sp³-hybridized carbons (Fsp3) is 0.273. The van der Waals surface area contributed by atoms with Gasteiger partial charge in [0.05, 0.1) is 0 Å². The molecule has 4 heteroatoms. The van der Waals surface area contributed by atoms with E-state index < -0.39 is 23.2 Å². The van der Waals surface area contributed by atoms with Crippen molar-refractivity contribution in [1.29, 1.82) is 0 Å². The number of allylic oxidation sites excluding steroid dienone is 2. The molecule has 26 heavy (non-hydrogen) atoms. The molecule has 2 aromatic rings. The Morgan fingerprint density at radius 3 is 1.77 bits per heavy atom. The molecule has 1 N–H and O–H groups in total. The van der Waals surface area contributed by atoms with Gasteiger partial charge in [-0.3, -0.25) is 0 Å². The van der Waals surface area contributed by atoms with Crippen molar-refractivity contribution in [1.82, 2.24) is 0 Å². The Kier molecular flexibility index (Phi) is 5.72. The molecule has 1 saturated heterocycles. The minimum absolute atomic E-state index is 0. The zero-order chi connectivity index (χ0) is 16.3. The molecule has 2 atom stereocenters. The SMILES string of the molecule is CC1(CCO)C2=Cc3ccccc3[CH]2[Zr+2][CH]2C1=Cc1ccccc12.[Cl-].[Cl-]. The minimum Gasteiger partial charge on any atom is -1.00 e. The molecule has 3 aliphatic rings. The topological polar surface area (TPSA) is 20.2 Å². The van der Waals surface area contributed by atoms with E-state index in [-0.39, 0.29) is 36.8 Å². The van der Waals surface area contributed by atoms with Gasteiger partial charge in [0, 0.05) is 0 Å². The number of aliphatic hydroxyl groups excluding tert-OH is 1. The second-order valence-electron chi connectivity index (χ2n) is 7.30. The van der Waals surface area contributed by atoms with Crippen molar-refractivity contribution in [3.05, 3.63) is 81.9 Å². The van der Waals surface area contributed by atoms with Gasteiger partial charge >= 0.3 is 155 Å². The monoisotopic (exact) mass is 460 g/mol. The summed E-state index contributed by atoms with van der Waals surface area (Å²) >= 11 is -0.694. The van der Waals surface area contributed by atoms with Gasteiger partial charge in [0.15, 0.2) is 0 Å². The molecule has 5 rings (SSSR count). The Hall–Kier alpha value is -0.657. The van der Waals surface area contributed by atoms with E-state index in [2.05, 4.69) is 67.6 Å². The van der Waals surface area contributed by atoms with E-state index in [4.69, 9.17) is 0 Å². The number of hydrogen-bond donors (Lipinski definition) is 1. The van der Waals surface area contributed by atoms with Gasteiger partial charge in [-0.05, 0) is 0 Å². The molecule has 132 valence electrons. The quantitative estimate of drug-likeness (QED) is 0.592. The number of benzene rings is 2. The Balaban J connectivity index is 0.000000980. The summed E-state index contributed by atoms with van der Waals surface area (Å²) in [7, 11) is 0. The third-order valence-electron chi connectivity index (χ3n) is 6.08. The van der Waals surface area contributed by atoms with Crippen LogP contribution in [-0.4, -0.2) is 11.7 Å². The second kappa shape index (κ2) is 7.40. The van der Waals surface area contributed by atoms with Crippen LogP contribution >= 0.6 is 0 Å². The summed E-state index contributed by atoms with van der Waals surface area (Å²) in [5.74, 6) is 0. The van der Waals surface area contributed by atoms with E-state index in [0.29, 0.717) is 7.25 Å². The fourth-order valence-electron chi connectivity index (χ4n) is 4.81. The van der Waals surface area contributed by atoms with Crippen LogP contribution in [0.15, 0.2) is 59.7 Å². The van der Waals surface area contributed by atoms with Crippen molar-refractivity contribution in [3.8, 4) is 0 Å². The molecule has 1 heterocycles. The van der Waals surface area contributed by atoms with Gasteiger partial charge in [0.2, 0.25) is 0 Å². The van der Waals surface area contributed by atoms with Gasteiger partial charge in [-0.25, -0.2) is 0 Å². The Morgan fingerprint density at radius 1 is 0.846 bits per heavy atom. The Morgan fingerprint density at radius 2 is 1.31 bits per heavy atom. The molecule has 2 unspecified atom stereocenters. The number of aliphatic hydroxyl groups is 1. The summed E-state index contributed by atoms with van der Waals surface area (Å²) in [6, 6.07) is 17.9. The maximum absolute atomic E-state index is 9.82. The molecular weight excluding hydrogens is 442 g/mol. The van der Waals surface area contributed by atoms with Crippen molar-refractivity contribution < 1.29 is 53.2 Å². The number of fused-ring (bicyclic) bond motifs is 6. The van der Waals surface area contributed by atoms with Crippen molar-refractivity contribution in [2.24, 2.45) is 5.41 Å². The zero-order valence-electron chi connectivity index (χ0n) is 14.5. The Labute approximate surface area is 179 Å². The zero-order valence-corrected chi connectivity index (χ0v) is 18.5. The largest absolute Gasteiger partial charge is 1.00 e. The molecule has 0 radical (unpaired) electrons. The van der Waals surface area contributed by atoms with Crippen molar-refractivity contribution in [3.63, 3.8) is 0 Å². The molecule has 2 aliphatic carbocycles. The first-order chi connectivity index (χ1) is 11.7.